The Balaban J connectivity index is 1.46. The number of hydrogen-bond acceptors (Lipinski definition) is 7. The molecule has 2 aliphatic rings. The van der Waals surface area contributed by atoms with Gasteiger partial charge in [0.2, 0.25) is 0 Å². The Kier molecular flexibility index (Phi) is 6.28. The monoisotopic (exact) mass is 478 g/mol. The normalized spacial score (nSPS) is 16.0. The van der Waals surface area contributed by atoms with Gasteiger partial charge in [0.25, 0.3) is 11.8 Å². The molecule has 1 N–H and O–H groups in total. The summed E-state index contributed by atoms with van der Waals surface area (Å²) >= 11 is 1.25. The second-order valence-corrected chi connectivity index (χ2v) is 9.49. The van der Waals surface area contributed by atoms with Crippen molar-refractivity contribution in [2.45, 2.75) is 58.0 Å². The van der Waals surface area contributed by atoms with E-state index in [2.05, 4.69) is 15.3 Å². The molecule has 5 rings (SSSR count). The van der Waals surface area contributed by atoms with Crippen LogP contribution in [-0.4, -0.2) is 45.3 Å². The van der Waals surface area contributed by atoms with E-state index in [0.717, 1.165) is 25.7 Å². The summed E-state index contributed by atoms with van der Waals surface area (Å²) in [5.74, 6) is -0.775. The SMILES string of the molecule is CCOC(=O)Cc1csc(NC(=O)c2c3c(nc4ccccc24)C(=O)N(C2CCCCC2)C3)n1. The smallest absolute Gasteiger partial charge is 0.311 e. The fourth-order valence-electron chi connectivity index (χ4n) is 4.87. The third-order valence-corrected chi connectivity index (χ3v) is 7.24. The van der Waals surface area contributed by atoms with Crippen LogP contribution >= 0.6 is 11.3 Å². The molecule has 9 heteroatoms. The van der Waals surface area contributed by atoms with Crippen molar-refractivity contribution in [3.63, 3.8) is 0 Å². The number of esters is 1. The van der Waals surface area contributed by atoms with Gasteiger partial charge < -0.3 is 9.64 Å². The number of anilines is 1. The van der Waals surface area contributed by atoms with Gasteiger partial charge in [0.15, 0.2) is 5.13 Å². The predicted molar refractivity (Wildman–Crippen MR) is 129 cm³/mol. The number of fused-ring (bicyclic) bond motifs is 2. The highest BCUT2D eigenvalue weighted by molar-refractivity contribution is 7.14. The van der Waals surface area contributed by atoms with Gasteiger partial charge in [-0.15, -0.1) is 11.3 Å². The number of benzene rings is 1. The van der Waals surface area contributed by atoms with Crippen LogP contribution in [0.5, 0.6) is 0 Å². The number of thiazole rings is 1. The topological polar surface area (TPSA) is 101 Å². The predicted octanol–water partition coefficient (Wildman–Crippen LogP) is 4.34. The number of pyridine rings is 1. The molecule has 1 aromatic carbocycles. The first-order valence-electron chi connectivity index (χ1n) is 11.7. The van der Waals surface area contributed by atoms with Crippen LogP contribution in [0.4, 0.5) is 5.13 Å². The number of hydrogen-bond donors (Lipinski definition) is 1. The molecular formula is C25H26N4O4S. The quantitative estimate of drug-likeness (QED) is 0.529. The molecule has 176 valence electrons. The molecule has 1 saturated carbocycles. The van der Waals surface area contributed by atoms with Crippen molar-refractivity contribution in [1.82, 2.24) is 14.9 Å². The summed E-state index contributed by atoms with van der Waals surface area (Å²) in [5, 5.41) is 5.71. The van der Waals surface area contributed by atoms with Crippen molar-refractivity contribution in [3.8, 4) is 0 Å². The summed E-state index contributed by atoms with van der Waals surface area (Å²) in [4.78, 5) is 49.5. The van der Waals surface area contributed by atoms with Gasteiger partial charge in [-0.05, 0) is 25.8 Å². The molecule has 0 saturated heterocycles. The Bertz CT molecular complexity index is 1270. The van der Waals surface area contributed by atoms with E-state index in [1.54, 1.807) is 12.3 Å². The van der Waals surface area contributed by atoms with Crippen LogP contribution in [0.1, 0.15) is 71.1 Å². The zero-order chi connectivity index (χ0) is 23.7. The van der Waals surface area contributed by atoms with E-state index in [-0.39, 0.29) is 30.2 Å². The number of carbonyl (C=O) groups is 3. The zero-order valence-electron chi connectivity index (χ0n) is 19.0. The van der Waals surface area contributed by atoms with E-state index >= 15 is 0 Å². The molecule has 0 atom stereocenters. The highest BCUT2D eigenvalue weighted by Crippen LogP contribution is 2.35. The molecular weight excluding hydrogens is 452 g/mol. The molecule has 34 heavy (non-hydrogen) atoms. The van der Waals surface area contributed by atoms with Crippen LogP contribution in [0.15, 0.2) is 29.6 Å². The number of aromatic nitrogens is 2. The Labute approximate surface area is 201 Å². The van der Waals surface area contributed by atoms with Gasteiger partial charge >= 0.3 is 5.97 Å². The average Bonchev–Trinajstić information content (AvgIpc) is 3.41. The van der Waals surface area contributed by atoms with E-state index < -0.39 is 0 Å². The van der Waals surface area contributed by atoms with Gasteiger partial charge in [-0.1, -0.05) is 37.5 Å². The number of nitrogens with one attached hydrogen (secondary N) is 1. The first-order chi connectivity index (χ1) is 16.5. The van der Waals surface area contributed by atoms with E-state index in [0.29, 0.717) is 51.7 Å². The fourth-order valence-corrected chi connectivity index (χ4v) is 5.58. The van der Waals surface area contributed by atoms with Crippen LogP contribution in [0, 0.1) is 0 Å². The van der Waals surface area contributed by atoms with Gasteiger partial charge in [0, 0.05) is 28.9 Å². The number of carbonyl (C=O) groups excluding carboxylic acids is 3. The van der Waals surface area contributed by atoms with Crippen LogP contribution in [0.25, 0.3) is 10.9 Å². The van der Waals surface area contributed by atoms with Gasteiger partial charge in [0.05, 0.1) is 29.8 Å². The molecule has 1 aliphatic heterocycles. The van der Waals surface area contributed by atoms with Crippen molar-refractivity contribution < 1.29 is 19.1 Å². The Morgan fingerprint density at radius 2 is 1.97 bits per heavy atom. The number of ether oxygens (including phenoxy) is 1. The highest BCUT2D eigenvalue weighted by atomic mass is 32.1. The maximum absolute atomic E-state index is 13.5. The minimum absolute atomic E-state index is 0.0542. The lowest BCUT2D eigenvalue weighted by molar-refractivity contribution is -0.142. The number of para-hydroxylation sites is 1. The van der Waals surface area contributed by atoms with Crippen molar-refractivity contribution in [3.05, 3.63) is 52.2 Å². The number of amides is 2. The van der Waals surface area contributed by atoms with Crippen LogP contribution in [-0.2, 0) is 22.5 Å². The Morgan fingerprint density at radius 3 is 2.76 bits per heavy atom. The summed E-state index contributed by atoms with van der Waals surface area (Å²) in [6.45, 7) is 2.46. The summed E-state index contributed by atoms with van der Waals surface area (Å²) in [7, 11) is 0. The second kappa shape index (κ2) is 9.50. The molecule has 2 aromatic heterocycles. The molecule has 3 aromatic rings. The van der Waals surface area contributed by atoms with E-state index in [9.17, 15) is 14.4 Å². The lowest BCUT2D eigenvalue weighted by atomic mass is 9.94. The summed E-state index contributed by atoms with van der Waals surface area (Å²) in [6.07, 6.45) is 5.47. The molecule has 8 nitrogen and oxygen atoms in total. The summed E-state index contributed by atoms with van der Waals surface area (Å²) in [6, 6.07) is 7.59. The van der Waals surface area contributed by atoms with E-state index in [1.165, 1.54) is 17.8 Å². The molecule has 0 radical (unpaired) electrons. The lowest BCUT2D eigenvalue weighted by Crippen LogP contribution is -2.37. The molecule has 0 unspecified atom stereocenters. The Morgan fingerprint density at radius 1 is 1.18 bits per heavy atom. The third-order valence-electron chi connectivity index (χ3n) is 6.43. The average molecular weight is 479 g/mol. The third kappa shape index (κ3) is 4.27. The first kappa shape index (κ1) is 22.5. The number of rotatable bonds is 6. The standard InChI is InChI=1S/C25H26N4O4S/c1-2-33-20(30)12-15-14-34-25(26-15)28-23(31)21-17-10-6-7-11-19(17)27-22-18(21)13-29(24(22)32)16-8-4-3-5-9-16/h6-7,10-11,14,16H,2-5,8-9,12-13H2,1H3,(H,26,28,31). The minimum Gasteiger partial charge on any atom is -0.466 e. The zero-order valence-corrected chi connectivity index (χ0v) is 19.8. The largest absolute Gasteiger partial charge is 0.466 e. The van der Waals surface area contributed by atoms with Gasteiger partial charge in [-0.25, -0.2) is 9.97 Å². The van der Waals surface area contributed by atoms with Crippen LogP contribution < -0.4 is 5.32 Å². The van der Waals surface area contributed by atoms with Gasteiger partial charge in [-0.2, -0.15) is 0 Å². The summed E-state index contributed by atoms with van der Waals surface area (Å²) < 4.78 is 4.97. The van der Waals surface area contributed by atoms with Crippen molar-refractivity contribution in [2.24, 2.45) is 0 Å². The maximum Gasteiger partial charge on any atom is 0.311 e. The van der Waals surface area contributed by atoms with E-state index in [1.807, 2.05) is 29.2 Å². The molecule has 2 amide bonds. The molecule has 3 heterocycles. The Hall–Kier alpha value is -3.33. The van der Waals surface area contributed by atoms with Crippen molar-refractivity contribution >= 4 is 45.2 Å². The fraction of sp³-hybridized carbons (Fsp3) is 0.400. The van der Waals surface area contributed by atoms with Crippen molar-refractivity contribution in [2.75, 3.05) is 11.9 Å². The highest BCUT2D eigenvalue weighted by Gasteiger charge is 2.38. The second-order valence-electron chi connectivity index (χ2n) is 8.64. The minimum atomic E-state index is -0.357. The van der Waals surface area contributed by atoms with Gasteiger partial charge in [-0.3, -0.25) is 19.7 Å². The molecule has 0 spiro atoms. The van der Waals surface area contributed by atoms with E-state index in [4.69, 9.17) is 4.74 Å². The lowest BCUT2D eigenvalue weighted by Gasteiger charge is -2.30. The van der Waals surface area contributed by atoms with Crippen LogP contribution in [0.2, 0.25) is 0 Å². The molecule has 1 aliphatic carbocycles. The van der Waals surface area contributed by atoms with Crippen LogP contribution in [0.3, 0.4) is 0 Å². The number of nitrogens with zero attached hydrogens (tertiary/aromatic N) is 3. The molecule has 0 bridgehead atoms. The summed E-state index contributed by atoms with van der Waals surface area (Å²) in [5.41, 5.74) is 2.68. The van der Waals surface area contributed by atoms with Crippen molar-refractivity contribution in [1.29, 1.82) is 0 Å². The maximum atomic E-state index is 13.5. The first-order valence-corrected chi connectivity index (χ1v) is 12.6. The molecule has 1 fully saturated rings. The van der Waals surface area contributed by atoms with Gasteiger partial charge in [0.1, 0.15) is 5.69 Å².